The van der Waals surface area contributed by atoms with Crippen LogP contribution in [0.4, 0.5) is 13.2 Å². The molecule has 0 fully saturated rings. The van der Waals surface area contributed by atoms with Crippen molar-refractivity contribution in [3.63, 3.8) is 0 Å². The van der Waals surface area contributed by atoms with E-state index in [1.165, 1.54) is 5.37 Å². The molecule has 0 spiro atoms. The Balaban J connectivity index is 2.39. The molecule has 0 amide bonds. The fourth-order valence-electron chi connectivity index (χ4n) is 1.90. The summed E-state index contributed by atoms with van der Waals surface area (Å²) in [6, 6.07) is 1.03. The summed E-state index contributed by atoms with van der Waals surface area (Å²) in [6.45, 7) is 0. The molecule has 0 aliphatic heterocycles. The number of aromatic nitrogens is 4. The Bertz CT molecular complexity index is 905. The first-order valence-electron chi connectivity index (χ1n) is 5.64. The van der Waals surface area contributed by atoms with Crippen LogP contribution in [0.3, 0.4) is 0 Å². The smallest absolute Gasteiger partial charge is 0.207 e. The number of nitrogens with zero attached hydrogens (tertiary/aromatic N) is 4. The lowest BCUT2D eigenvalue weighted by atomic mass is 10.1. The summed E-state index contributed by atoms with van der Waals surface area (Å²) >= 11 is 16.7. The van der Waals surface area contributed by atoms with Gasteiger partial charge in [-0.05, 0) is 0 Å². The van der Waals surface area contributed by atoms with E-state index in [1.54, 1.807) is 0 Å². The Labute approximate surface area is 136 Å². The minimum Gasteiger partial charge on any atom is -0.207 e. The Morgan fingerprint density at radius 3 is 2.27 bits per heavy atom. The molecule has 0 radical (unpaired) electrons. The maximum atomic E-state index is 13.9. The molecule has 3 aromatic rings. The third kappa shape index (κ3) is 2.33. The van der Waals surface area contributed by atoms with E-state index in [1.807, 2.05) is 0 Å². The second-order valence-electron chi connectivity index (χ2n) is 4.11. The molecule has 0 saturated carbocycles. The standard InChI is InChI=1S/C12H3Cl2F3N4S/c13-10-9(8-5(16)1-4(15)2-6(8)17)11(14)21-12(19-10)18-7(3-22)20-21/h1-3H. The summed E-state index contributed by atoms with van der Waals surface area (Å²) in [4.78, 5) is 7.77. The van der Waals surface area contributed by atoms with E-state index in [-0.39, 0.29) is 27.5 Å². The van der Waals surface area contributed by atoms with Gasteiger partial charge in [0.25, 0.3) is 5.78 Å². The highest BCUT2D eigenvalue weighted by Gasteiger charge is 2.23. The molecule has 0 N–H and O–H groups in total. The van der Waals surface area contributed by atoms with Crippen molar-refractivity contribution in [2.45, 2.75) is 0 Å². The first kappa shape index (κ1) is 15.1. The minimum atomic E-state index is -1.17. The first-order valence-corrected chi connectivity index (χ1v) is 6.87. The zero-order chi connectivity index (χ0) is 16.0. The maximum Gasteiger partial charge on any atom is 0.255 e. The summed E-state index contributed by atoms with van der Waals surface area (Å²) in [7, 11) is 0. The summed E-state index contributed by atoms with van der Waals surface area (Å²) in [5, 5.41) is 4.56. The van der Waals surface area contributed by atoms with Crippen molar-refractivity contribution in [3.8, 4) is 11.1 Å². The lowest BCUT2D eigenvalue weighted by molar-refractivity contribution is 0.548. The lowest BCUT2D eigenvalue weighted by Crippen LogP contribution is -2.01. The van der Waals surface area contributed by atoms with Gasteiger partial charge >= 0.3 is 0 Å². The minimum absolute atomic E-state index is 0.0118. The van der Waals surface area contributed by atoms with E-state index in [0.29, 0.717) is 12.1 Å². The molecule has 22 heavy (non-hydrogen) atoms. The molecular formula is C12H3Cl2F3N4S. The molecule has 1 aromatic carbocycles. The van der Waals surface area contributed by atoms with Crippen LogP contribution in [-0.4, -0.2) is 24.9 Å². The molecule has 3 rings (SSSR count). The molecular weight excluding hydrogens is 360 g/mol. The zero-order valence-electron chi connectivity index (χ0n) is 10.3. The van der Waals surface area contributed by atoms with Crippen LogP contribution in [0, 0.1) is 17.5 Å². The van der Waals surface area contributed by atoms with Crippen molar-refractivity contribution >= 4 is 46.6 Å². The van der Waals surface area contributed by atoms with Crippen molar-refractivity contribution in [2.24, 2.45) is 0 Å². The number of halogens is 5. The number of hydrogen-bond acceptors (Lipinski definition) is 4. The van der Waals surface area contributed by atoms with Crippen molar-refractivity contribution < 1.29 is 13.2 Å². The topological polar surface area (TPSA) is 43.1 Å². The molecule has 0 saturated heterocycles. The summed E-state index contributed by atoms with van der Waals surface area (Å²) in [5.41, 5.74) is -0.864. The molecule has 0 unspecified atom stereocenters. The van der Waals surface area contributed by atoms with Gasteiger partial charge in [-0.25, -0.2) is 13.2 Å². The fourth-order valence-corrected chi connectivity index (χ4v) is 2.60. The number of rotatable bonds is 2. The van der Waals surface area contributed by atoms with Crippen molar-refractivity contribution in [1.82, 2.24) is 19.6 Å². The monoisotopic (exact) mass is 362 g/mol. The summed E-state index contributed by atoms with van der Waals surface area (Å²) in [5.74, 6) is -3.26. The van der Waals surface area contributed by atoms with Crippen LogP contribution in [-0.2, 0) is 0 Å². The van der Waals surface area contributed by atoms with E-state index in [9.17, 15) is 13.2 Å². The normalized spacial score (nSPS) is 11.1. The van der Waals surface area contributed by atoms with Gasteiger partial charge in [-0.2, -0.15) is 14.5 Å². The van der Waals surface area contributed by atoms with Gasteiger partial charge in [-0.15, -0.1) is 5.10 Å². The van der Waals surface area contributed by atoms with Gasteiger partial charge in [0.05, 0.1) is 11.1 Å². The molecule has 0 atom stereocenters. The maximum absolute atomic E-state index is 13.9. The largest absolute Gasteiger partial charge is 0.255 e. The molecule has 2 heterocycles. The lowest BCUT2D eigenvalue weighted by Gasteiger charge is -2.09. The Morgan fingerprint density at radius 2 is 1.68 bits per heavy atom. The molecule has 0 aliphatic rings. The number of benzene rings is 1. The summed E-state index contributed by atoms with van der Waals surface area (Å²) in [6.07, 6.45) is 0. The van der Waals surface area contributed by atoms with Crippen molar-refractivity contribution in [2.75, 3.05) is 0 Å². The second-order valence-corrected chi connectivity index (χ2v) is 5.06. The SMILES string of the molecule is Fc1cc(F)c(-c2c(Cl)nc3nc(C=S)nn3c2Cl)c(F)c1. The van der Waals surface area contributed by atoms with Crippen LogP contribution in [0.25, 0.3) is 16.9 Å². The van der Waals surface area contributed by atoms with Gasteiger partial charge < -0.3 is 0 Å². The third-order valence-corrected chi connectivity index (χ3v) is 3.60. The van der Waals surface area contributed by atoms with Gasteiger partial charge in [0, 0.05) is 17.5 Å². The predicted molar refractivity (Wildman–Crippen MR) is 78.9 cm³/mol. The van der Waals surface area contributed by atoms with Crippen LogP contribution < -0.4 is 0 Å². The Hall–Kier alpha value is -1.77. The van der Waals surface area contributed by atoms with Gasteiger partial charge in [-0.3, -0.25) is 0 Å². The van der Waals surface area contributed by atoms with Gasteiger partial charge in [0.15, 0.2) is 5.82 Å². The quantitative estimate of drug-likeness (QED) is 0.512. The van der Waals surface area contributed by atoms with E-state index in [0.717, 1.165) is 4.52 Å². The number of fused-ring (bicyclic) bond motifs is 1. The molecule has 4 nitrogen and oxygen atoms in total. The fraction of sp³-hybridized carbons (Fsp3) is 0. The molecule has 2 aromatic heterocycles. The van der Waals surface area contributed by atoms with Crippen LogP contribution >= 0.6 is 35.4 Å². The van der Waals surface area contributed by atoms with Crippen LogP contribution in [0.2, 0.25) is 10.3 Å². The molecule has 112 valence electrons. The van der Waals surface area contributed by atoms with Crippen LogP contribution in [0.15, 0.2) is 12.1 Å². The van der Waals surface area contributed by atoms with Crippen LogP contribution in [0.5, 0.6) is 0 Å². The molecule has 0 bridgehead atoms. The second kappa shape index (κ2) is 5.45. The van der Waals surface area contributed by atoms with Crippen LogP contribution in [0.1, 0.15) is 5.82 Å². The third-order valence-electron chi connectivity index (χ3n) is 2.77. The van der Waals surface area contributed by atoms with E-state index >= 15 is 0 Å². The molecule has 0 aliphatic carbocycles. The number of hydrogen-bond donors (Lipinski definition) is 0. The van der Waals surface area contributed by atoms with Crippen molar-refractivity contribution in [1.29, 1.82) is 0 Å². The molecule has 10 heteroatoms. The Kier molecular flexibility index (Phi) is 3.75. The van der Waals surface area contributed by atoms with Crippen molar-refractivity contribution in [3.05, 3.63) is 45.7 Å². The zero-order valence-corrected chi connectivity index (χ0v) is 12.6. The van der Waals surface area contributed by atoms with Gasteiger partial charge in [0.1, 0.15) is 27.8 Å². The Morgan fingerprint density at radius 1 is 1.05 bits per heavy atom. The van der Waals surface area contributed by atoms with E-state index in [4.69, 9.17) is 23.2 Å². The van der Waals surface area contributed by atoms with E-state index < -0.39 is 23.0 Å². The highest BCUT2D eigenvalue weighted by molar-refractivity contribution is 7.79. The van der Waals surface area contributed by atoms with Gasteiger partial charge in [0.2, 0.25) is 0 Å². The number of thiocarbonyl (C=S) groups is 1. The van der Waals surface area contributed by atoms with Gasteiger partial charge in [-0.1, -0.05) is 35.4 Å². The average Bonchev–Trinajstić information content (AvgIpc) is 2.84. The highest BCUT2D eigenvalue weighted by Crippen LogP contribution is 2.37. The highest BCUT2D eigenvalue weighted by atomic mass is 35.5. The first-order chi connectivity index (χ1) is 10.4. The van der Waals surface area contributed by atoms with E-state index in [2.05, 4.69) is 27.3 Å². The average molecular weight is 363 g/mol. The predicted octanol–water partition coefficient (Wildman–Crippen LogP) is 3.86. The summed E-state index contributed by atoms with van der Waals surface area (Å²) < 4.78 is 41.9.